The molecule has 1 aliphatic carbocycles. The van der Waals surface area contributed by atoms with Gasteiger partial charge in [0, 0.05) is 36.7 Å². The second-order valence-electron chi connectivity index (χ2n) is 5.64. The number of nitrogens with two attached hydrogens (primary N) is 1. The van der Waals surface area contributed by atoms with Crippen molar-refractivity contribution in [3.8, 4) is 0 Å². The minimum absolute atomic E-state index is 0.0132. The number of sulfonamides is 1. The summed E-state index contributed by atoms with van der Waals surface area (Å²) in [6, 6.07) is 4.42. The first-order chi connectivity index (χ1) is 10.2. The van der Waals surface area contributed by atoms with E-state index in [1.807, 2.05) is 0 Å². The van der Waals surface area contributed by atoms with Crippen LogP contribution >= 0.6 is 15.9 Å². The van der Waals surface area contributed by atoms with E-state index in [0.717, 1.165) is 17.1 Å². The Hall–Kier alpha value is -0.960. The highest BCUT2D eigenvalue weighted by molar-refractivity contribution is 9.10. The molecule has 3 N–H and O–H groups in total. The molecule has 22 heavy (non-hydrogen) atoms. The first-order valence-corrected chi connectivity index (χ1v) is 9.22. The Morgan fingerprint density at radius 2 is 2.09 bits per heavy atom. The summed E-state index contributed by atoms with van der Waals surface area (Å²) >= 11 is 3.22. The smallest absolute Gasteiger partial charge is 0.251 e. The molecule has 1 amide bonds. The van der Waals surface area contributed by atoms with E-state index < -0.39 is 10.0 Å². The van der Waals surface area contributed by atoms with Gasteiger partial charge in [0.15, 0.2) is 0 Å². The van der Waals surface area contributed by atoms with Crippen LogP contribution in [-0.2, 0) is 10.0 Å². The van der Waals surface area contributed by atoms with Crippen LogP contribution < -0.4 is 11.1 Å². The lowest BCUT2D eigenvalue weighted by Gasteiger charge is -2.14. The molecular formula is C14H20BrN3O3S. The average Bonchev–Trinajstić information content (AvgIpc) is 3.28. The van der Waals surface area contributed by atoms with Crippen LogP contribution in [0.2, 0.25) is 0 Å². The molecule has 1 aromatic rings. The van der Waals surface area contributed by atoms with Gasteiger partial charge < -0.3 is 11.1 Å². The molecule has 0 spiro atoms. The number of carbonyl (C=O) groups excluding carboxylic acids is 1. The maximum Gasteiger partial charge on any atom is 0.251 e. The quantitative estimate of drug-likeness (QED) is 0.763. The summed E-state index contributed by atoms with van der Waals surface area (Å²) in [5, 5.41) is 2.78. The van der Waals surface area contributed by atoms with E-state index in [2.05, 4.69) is 21.2 Å². The van der Waals surface area contributed by atoms with Gasteiger partial charge in [-0.1, -0.05) is 0 Å². The zero-order valence-corrected chi connectivity index (χ0v) is 14.9. The second-order valence-corrected chi connectivity index (χ2v) is 8.62. The first-order valence-electron chi connectivity index (χ1n) is 6.99. The van der Waals surface area contributed by atoms with Gasteiger partial charge in [-0.25, -0.2) is 12.7 Å². The summed E-state index contributed by atoms with van der Waals surface area (Å²) in [6.07, 6.45) is 2.25. The van der Waals surface area contributed by atoms with Crippen LogP contribution in [0.15, 0.2) is 27.6 Å². The third kappa shape index (κ3) is 3.87. The van der Waals surface area contributed by atoms with Crippen LogP contribution in [0.5, 0.6) is 0 Å². The number of benzene rings is 1. The lowest BCUT2D eigenvalue weighted by Crippen LogP contribution is -2.38. The predicted molar refractivity (Wildman–Crippen MR) is 88.0 cm³/mol. The van der Waals surface area contributed by atoms with Gasteiger partial charge in [-0.15, -0.1) is 0 Å². The lowest BCUT2D eigenvalue weighted by molar-refractivity contribution is 0.0950. The van der Waals surface area contributed by atoms with E-state index in [1.54, 1.807) is 0 Å². The van der Waals surface area contributed by atoms with E-state index in [0.29, 0.717) is 22.5 Å². The molecule has 0 radical (unpaired) electrons. The van der Waals surface area contributed by atoms with E-state index >= 15 is 0 Å². The molecule has 1 aromatic carbocycles. The number of hydrogen-bond acceptors (Lipinski definition) is 4. The number of hydrogen-bond donors (Lipinski definition) is 2. The maximum atomic E-state index is 12.1. The molecule has 0 saturated heterocycles. The molecule has 0 bridgehead atoms. The highest BCUT2D eigenvalue weighted by atomic mass is 79.9. The molecular weight excluding hydrogens is 370 g/mol. The lowest BCUT2D eigenvalue weighted by atomic mass is 10.2. The highest BCUT2D eigenvalue weighted by Gasteiger charge is 2.28. The molecule has 6 nitrogen and oxygen atoms in total. The van der Waals surface area contributed by atoms with Crippen molar-refractivity contribution in [1.82, 2.24) is 9.62 Å². The van der Waals surface area contributed by atoms with Gasteiger partial charge in [-0.3, -0.25) is 4.79 Å². The van der Waals surface area contributed by atoms with Gasteiger partial charge >= 0.3 is 0 Å². The molecule has 1 fully saturated rings. The Balaban J connectivity index is 2.09. The van der Waals surface area contributed by atoms with Crippen molar-refractivity contribution in [3.63, 3.8) is 0 Å². The largest absolute Gasteiger partial charge is 0.350 e. The van der Waals surface area contributed by atoms with Crippen LogP contribution in [-0.4, -0.2) is 45.3 Å². The fraction of sp³-hybridized carbons (Fsp3) is 0.500. The van der Waals surface area contributed by atoms with E-state index in [-0.39, 0.29) is 16.8 Å². The van der Waals surface area contributed by atoms with Gasteiger partial charge in [0.1, 0.15) is 0 Å². The summed E-state index contributed by atoms with van der Waals surface area (Å²) in [5.41, 5.74) is 6.34. The zero-order chi connectivity index (χ0) is 16.5. The molecule has 1 aliphatic rings. The Kier molecular flexibility index (Phi) is 5.26. The summed E-state index contributed by atoms with van der Waals surface area (Å²) in [5.74, 6) is 0.255. The van der Waals surface area contributed by atoms with Crippen LogP contribution in [0.25, 0.3) is 0 Å². The van der Waals surface area contributed by atoms with Gasteiger partial charge in [0.25, 0.3) is 5.91 Å². The standard InChI is InChI=1S/C14H20BrN3O3S/c1-18(2)22(20,21)13-6-5-10(7-11(13)15)14(19)17-8-12(16)9-3-4-9/h5-7,9,12H,3-4,8,16H2,1-2H3,(H,17,19). The Morgan fingerprint density at radius 3 is 2.59 bits per heavy atom. The van der Waals surface area contributed by atoms with Gasteiger partial charge in [0.05, 0.1) is 4.90 Å². The third-order valence-electron chi connectivity index (χ3n) is 3.68. The predicted octanol–water partition coefficient (Wildman–Crippen LogP) is 1.17. The van der Waals surface area contributed by atoms with Crippen molar-refractivity contribution < 1.29 is 13.2 Å². The number of amides is 1. The van der Waals surface area contributed by atoms with Gasteiger partial charge in [-0.05, 0) is 52.9 Å². The molecule has 8 heteroatoms. The van der Waals surface area contributed by atoms with Crippen LogP contribution in [0.4, 0.5) is 0 Å². The topological polar surface area (TPSA) is 92.5 Å². The summed E-state index contributed by atoms with van der Waals surface area (Å²) < 4.78 is 25.7. The van der Waals surface area contributed by atoms with Crippen LogP contribution in [0.3, 0.4) is 0 Å². The minimum Gasteiger partial charge on any atom is -0.350 e. The van der Waals surface area contributed by atoms with Crippen molar-refractivity contribution in [3.05, 3.63) is 28.2 Å². The monoisotopic (exact) mass is 389 g/mol. The molecule has 2 rings (SSSR count). The van der Waals surface area contributed by atoms with Crippen molar-refractivity contribution >= 4 is 31.9 Å². The molecule has 1 unspecified atom stereocenters. The van der Waals surface area contributed by atoms with Crippen molar-refractivity contribution in [2.24, 2.45) is 11.7 Å². The molecule has 0 aliphatic heterocycles. The Labute approximate surface area is 139 Å². The normalized spacial score (nSPS) is 16.6. The average molecular weight is 390 g/mol. The highest BCUT2D eigenvalue weighted by Crippen LogP contribution is 2.31. The summed E-state index contributed by atoms with van der Waals surface area (Å²) in [4.78, 5) is 12.2. The second kappa shape index (κ2) is 6.66. The molecule has 0 aromatic heterocycles. The summed E-state index contributed by atoms with van der Waals surface area (Å²) in [7, 11) is -0.624. The Morgan fingerprint density at radius 1 is 1.45 bits per heavy atom. The molecule has 122 valence electrons. The summed E-state index contributed by atoms with van der Waals surface area (Å²) in [6.45, 7) is 0.429. The first kappa shape index (κ1) is 17.4. The third-order valence-corrected chi connectivity index (χ3v) is 6.47. The van der Waals surface area contributed by atoms with Crippen molar-refractivity contribution in [2.75, 3.05) is 20.6 Å². The van der Waals surface area contributed by atoms with Crippen molar-refractivity contribution in [1.29, 1.82) is 0 Å². The molecule has 1 saturated carbocycles. The SMILES string of the molecule is CN(C)S(=O)(=O)c1ccc(C(=O)NCC(N)C2CC2)cc1Br. The number of carbonyl (C=O) groups is 1. The number of nitrogens with zero attached hydrogens (tertiary/aromatic N) is 1. The van der Waals surface area contributed by atoms with E-state index in [9.17, 15) is 13.2 Å². The molecule has 1 atom stereocenters. The fourth-order valence-corrected chi connectivity index (χ4v) is 3.98. The van der Waals surface area contributed by atoms with E-state index in [4.69, 9.17) is 5.73 Å². The zero-order valence-electron chi connectivity index (χ0n) is 12.5. The Bertz CT molecular complexity index is 672. The van der Waals surface area contributed by atoms with Gasteiger partial charge in [-0.2, -0.15) is 0 Å². The van der Waals surface area contributed by atoms with Gasteiger partial charge in [0.2, 0.25) is 10.0 Å². The minimum atomic E-state index is -3.54. The number of halogens is 1. The van der Waals surface area contributed by atoms with E-state index in [1.165, 1.54) is 32.3 Å². The maximum absolute atomic E-state index is 12.1. The van der Waals surface area contributed by atoms with Crippen LogP contribution in [0, 0.1) is 5.92 Å². The molecule has 0 heterocycles. The number of nitrogens with one attached hydrogen (secondary N) is 1. The van der Waals surface area contributed by atoms with Crippen LogP contribution in [0.1, 0.15) is 23.2 Å². The number of rotatable bonds is 6. The van der Waals surface area contributed by atoms with Crippen molar-refractivity contribution in [2.45, 2.75) is 23.8 Å². The fourth-order valence-electron chi connectivity index (χ4n) is 2.05.